The van der Waals surface area contributed by atoms with E-state index in [2.05, 4.69) is 5.32 Å². The molecule has 1 N–H and O–H groups in total. The first kappa shape index (κ1) is 14.9. The van der Waals surface area contributed by atoms with E-state index in [1.807, 2.05) is 0 Å². The van der Waals surface area contributed by atoms with Gasteiger partial charge in [-0.25, -0.2) is 13.6 Å². The molecule has 0 saturated heterocycles. The second-order valence-electron chi connectivity index (χ2n) is 5.10. The Kier molecular flexibility index (Phi) is 5.06. The molecule has 0 radical (unpaired) electrons. The van der Waals surface area contributed by atoms with Crippen LogP contribution >= 0.6 is 0 Å². The SMILES string of the molecule is COC(=O)C(NC1CCCCC1)c1cccc(F)c1F. The van der Waals surface area contributed by atoms with Crippen LogP contribution in [0.2, 0.25) is 0 Å². The Labute approximate surface area is 117 Å². The highest BCUT2D eigenvalue weighted by Crippen LogP contribution is 2.25. The van der Waals surface area contributed by atoms with Crippen molar-refractivity contribution in [2.75, 3.05) is 7.11 Å². The average molecular weight is 283 g/mol. The predicted octanol–water partition coefficient (Wildman–Crippen LogP) is 3.10. The highest BCUT2D eigenvalue weighted by Gasteiger charge is 2.28. The Morgan fingerprint density at radius 2 is 2.00 bits per heavy atom. The van der Waals surface area contributed by atoms with Crippen LogP contribution in [-0.4, -0.2) is 19.1 Å². The van der Waals surface area contributed by atoms with Gasteiger partial charge in [-0.1, -0.05) is 31.4 Å². The molecule has 1 atom stereocenters. The molecule has 110 valence electrons. The lowest BCUT2D eigenvalue weighted by Crippen LogP contribution is -2.39. The molecule has 0 heterocycles. The largest absolute Gasteiger partial charge is 0.468 e. The molecule has 0 aromatic heterocycles. The fourth-order valence-electron chi connectivity index (χ4n) is 2.65. The molecule has 1 aliphatic rings. The number of benzene rings is 1. The number of halogens is 2. The van der Waals surface area contributed by atoms with Crippen LogP contribution in [0.1, 0.15) is 43.7 Å². The number of hydrogen-bond acceptors (Lipinski definition) is 3. The van der Waals surface area contributed by atoms with Gasteiger partial charge in [0.2, 0.25) is 0 Å². The third kappa shape index (κ3) is 3.33. The molecule has 1 fully saturated rings. The van der Waals surface area contributed by atoms with Gasteiger partial charge in [-0.05, 0) is 18.9 Å². The lowest BCUT2D eigenvalue weighted by Gasteiger charge is -2.27. The molecule has 0 bridgehead atoms. The van der Waals surface area contributed by atoms with Crippen molar-refractivity contribution in [1.82, 2.24) is 5.32 Å². The van der Waals surface area contributed by atoms with E-state index >= 15 is 0 Å². The van der Waals surface area contributed by atoms with E-state index < -0.39 is 23.6 Å². The van der Waals surface area contributed by atoms with Gasteiger partial charge in [0.25, 0.3) is 0 Å². The Morgan fingerprint density at radius 1 is 1.30 bits per heavy atom. The van der Waals surface area contributed by atoms with Gasteiger partial charge in [-0.2, -0.15) is 0 Å². The molecule has 1 aliphatic carbocycles. The van der Waals surface area contributed by atoms with Crippen molar-refractivity contribution < 1.29 is 18.3 Å². The van der Waals surface area contributed by atoms with Crippen molar-refractivity contribution in [3.05, 3.63) is 35.4 Å². The van der Waals surface area contributed by atoms with Gasteiger partial charge >= 0.3 is 5.97 Å². The van der Waals surface area contributed by atoms with Crippen molar-refractivity contribution in [3.8, 4) is 0 Å². The van der Waals surface area contributed by atoms with Crippen LogP contribution < -0.4 is 5.32 Å². The minimum Gasteiger partial charge on any atom is -0.468 e. The molecule has 1 unspecified atom stereocenters. The predicted molar refractivity (Wildman–Crippen MR) is 71.1 cm³/mol. The normalized spacial score (nSPS) is 17.8. The zero-order valence-electron chi connectivity index (χ0n) is 11.5. The monoisotopic (exact) mass is 283 g/mol. The molecule has 20 heavy (non-hydrogen) atoms. The molecule has 0 aliphatic heterocycles. The number of hydrogen-bond donors (Lipinski definition) is 1. The number of esters is 1. The molecule has 1 aromatic carbocycles. The van der Waals surface area contributed by atoms with Crippen molar-refractivity contribution >= 4 is 5.97 Å². The van der Waals surface area contributed by atoms with E-state index in [0.717, 1.165) is 31.7 Å². The average Bonchev–Trinajstić information content (AvgIpc) is 2.48. The van der Waals surface area contributed by atoms with Crippen molar-refractivity contribution in [3.63, 3.8) is 0 Å². The van der Waals surface area contributed by atoms with Gasteiger partial charge < -0.3 is 4.74 Å². The van der Waals surface area contributed by atoms with Gasteiger partial charge in [0.1, 0.15) is 6.04 Å². The highest BCUT2D eigenvalue weighted by atomic mass is 19.2. The van der Waals surface area contributed by atoms with Gasteiger partial charge in [-0.3, -0.25) is 5.32 Å². The Bertz CT molecular complexity index is 473. The van der Waals surface area contributed by atoms with Crippen LogP contribution in [0.25, 0.3) is 0 Å². The fraction of sp³-hybridized carbons (Fsp3) is 0.533. The van der Waals surface area contributed by atoms with Crippen LogP contribution in [0.3, 0.4) is 0 Å². The summed E-state index contributed by atoms with van der Waals surface area (Å²) in [6, 6.07) is 3.02. The van der Waals surface area contributed by atoms with E-state index in [4.69, 9.17) is 4.74 Å². The first-order valence-electron chi connectivity index (χ1n) is 6.91. The number of carbonyl (C=O) groups excluding carboxylic acids is 1. The zero-order chi connectivity index (χ0) is 14.5. The smallest absolute Gasteiger partial charge is 0.327 e. The maximum Gasteiger partial charge on any atom is 0.327 e. The third-order valence-corrected chi connectivity index (χ3v) is 3.74. The summed E-state index contributed by atoms with van der Waals surface area (Å²) in [4.78, 5) is 11.9. The van der Waals surface area contributed by atoms with Crippen molar-refractivity contribution in [2.45, 2.75) is 44.2 Å². The lowest BCUT2D eigenvalue weighted by molar-refractivity contribution is -0.143. The summed E-state index contributed by atoms with van der Waals surface area (Å²) >= 11 is 0. The van der Waals surface area contributed by atoms with Crippen molar-refractivity contribution in [1.29, 1.82) is 0 Å². The first-order valence-corrected chi connectivity index (χ1v) is 6.91. The number of rotatable bonds is 4. The van der Waals surface area contributed by atoms with E-state index in [0.29, 0.717) is 0 Å². The van der Waals surface area contributed by atoms with Crippen molar-refractivity contribution in [2.24, 2.45) is 0 Å². The Balaban J connectivity index is 2.22. The summed E-state index contributed by atoms with van der Waals surface area (Å²) in [5.41, 5.74) is 0.00224. The summed E-state index contributed by atoms with van der Waals surface area (Å²) in [6.07, 6.45) is 5.21. The molecule has 0 spiro atoms. The standard InChI is InChI=1S/C15H19F2NO2/c1-20-15(19)14(18-10-6-3-2-4-7-10)11-8-5-9-12(16)13(11)17/h5,8-10,14,18H,2-4,6-7H2,1H3. The summed E-state index contributed by atoms with van der Waals surface area (Å²) in [5.74, 6) is -2.55. The molecule has 5 heteroatoms. The number of nitrogens with one attached hydrogen (secondary N) is 1. The fourth-order valence-corrected chi connectivity index (χ4v) is 2.65. The highest BCUT2D eigenvalue weighted by molar-refractivity contribution is 5.77. The molecule has 0 amide bonds. The summed E-state index contributed by atoms with van der Waals surface area (Å²) in [7, 11) is 1.25. The van der Waals surface area contributed by atoms with Crippen LogP contribution in [0, 0.1) is 11.6 Å². The third-order valence-electron chi connectivity index (χ3n) is 3.74. The molecular weight excluding hydrogens is 264 g/mol. The summed E-state index contributed by atoms with van der Waals surface area (Å²) < 4.78 is 31.9. The first-order chi connectivity index (χ1) is 9.63. The lowest BCUT2D eigenvalue weighted by atomic mass is 9.94. The van der Waals surface area contributed by atoms with Crippen LogP contribution in [0.15, 0.2) is 18.2 Å². The molecular formula is C15H19F2NO2. The molecule has 2 rings (SSSR count). The molecule has 3 nitrogen and oxygen atoms in total. The summed E-state index contributed by atoms with van der Waals surface area (Å²) in [5, 5.41) is 3.11. The van der Waals surface area contributed by atoms with E-state index in [9.17, 15) is 13.6 Å². The van der Waals surface area contributed by atoms with Crippen LogP contribution in [0.4, 0.5) is 8.78 Å². The second-order valence-corrected chi connectivity index (χ2v) is 5.10. The van der Waals surface area contributed by atoms with Crippen LogP contribution in [-0.2, 0) is 9.53 Å². The second kappa shape index (κ2) is 6.79. The minimum absolute atomic E-state index is 0.00224. The van der Waals surface area contributed by atoms with E-state index in [-0.39, 0.29) is 11.6 Å². The Morgan fingerprint density at radius 3 is 2.65 bits per heavy atom. The zero-order valence-corrected chi connectivity index (χ0v) is 11.5. The minimum atomic E-state index is -0.994. The molecule has 1 saturated carbocycles. The van der Waals surface area contributed by atoms with Gasteiger partial charge in [-0.15, -0.1) is 0 Å². The van der Waals surface area contributed by atoms with E-state index in [1.54, 1.807) is 0 Å². The number of methoxy groups -OCH3 is 1. The van der Waals surface area contributed by atoms with Gasteiger partial charge in [0.15, 0.2) is 11.6 Å². The molecule has 1 aromatic rings. The number of ether oxygens (including phenoxy) is 1. The quantitative estimate of drug-likeness (QED) is 0.863. The van der Waals surface area contributed by atoms with Gasteiger partial charge in [0.05, 0.1) is 7.11 Å². The topological polar surface area (TPSA) is 38.3 Å². The summed E-state index contributed by atoms with van der Waals surface area (Å²) in [6.45, 7) is 0. The maximum atomic E-state index is 13.9. The maximum absolute atomic E-state index is 13.9. The van der Waals surface area contributed by atoms with Crippen LogP contribution in [0.5, 0.6) is 0 Å². The van der Waals surface area contributed by atoms with E-state index in [1.165, 1.54) is 25.7 Å². The Hall–Kier alpha value is -1.49. The number of carbonyl (C=O) groups is 1. The van der Waals surface area contributed by atoms with Gasteiger partial charge in [0, 0.05) is 11.6 Å².